The number of benzene rings is 1. The third-order valence-corrected chi connectivity index (χ3v) is 4.83. The molecule has 1 aromatic carbocycles. The van der Waals surface area contributed by atoms with E-state index in [1.807, 2.05) is 4.90 Å². The number of nitrogens with one attached hydrogen (secondary N) is 1. The predicted octanol–water partition coefficient (Wildman–Crippen LogP) is 1.86. The quantitative estimate of drug-likeness (QED) is 0.677. The van der Waals surface area contributed by atoms with Crippen molar-refractivity contribution in [2.24, 2.45) is 5.92 Å². The lowest BCUT2D eigenvalue weighted by atomic mass is 9.97. The van der Waals surface area contributed by atoms with E-state index in [2.05, 4.69) is 10.2 Å². The summed E-state index contributed by atoms with van der Waals surface area (Å²) in [5.41, 5.74) is 0.271. The molecule has 0 saturated carbocycles. The molecule has 2 aliphatic rings. The minimum absolute atomic E-state index is 0.198. The smallest absolute Gasteiger partial charge is 0.272 e. The summed E-state index contributed by atoms with van der Waals surface area (Å²) in [6.45, 7) is 6.70. The number of non-ortho nitro benzene ring substituents is 1. The molecule has 23 heavy (non-hydrogen) atoms. The van der Waals surface area contributed by atoms with Gasteiger partial charge in [-0.05, 0) is 37.9 Å². The van der Waals surface area contributed by atoms with Crippen LogP contribution in [0.2, 0.25) is 0 Å². The number of nitrogens with zero attached hydrogens (tertiary/aromatic N) is 3. The van der Waals surface area contributed by atoms with Crippen molar-refractivity contribution in [1.29, 1.82) is 0 Å². The highest BCUT2D eigenvalue weighted by Gasteiger charge is 2.23. The lowest BCUT2D eigenvalue weighted by Gasteiger charge is -2.38. The first-order valence-electron chi connectivity index (χ1n) is 8.25. The summed E-state index contributed by atoms with van der Waals surface area (Å²) in [5.74, 6) is 0.255. The zero-order valence-corrected chi connectivity index (χ0v) is 13.2. The fourth-order valence-corrected chi connectivity index (χ4v) is 3.47. The van der Waals surface area contributed by atoms with Gasteiger partial charge >= 0.3 is 0 Å². The third kappa shape index (κ3) is 3.97. The SMILES string of the molecule is O=[N+]([O-])c1ccc(N2CCN(CC3CCNCC3)CC2)c(F)c1. The Labute approximate surface area is 135 Å². The summed E-state index contributed by atoms with van der Waals surface area (Å²) in [7, 11) is 0. The summed E-state index contributed by atoms with van der Waals surface area (Å²) in [5, 5.41) is 14.1. The van der Waals surface area contributed by atoms with E-state index >= 15 is 0 Å². The minimum atomic E-state index is -0.566. The van der Waals surface area contributed by atoms with Crippen LogP contribution in [-0.2, 0) is 0 Å². The summed E-state index contributed by atoms with van der Waals surface area (Å²) in [6, 6.07) is 3.91. The van der Waals surface area contributed by atoms with Gasteiger partial charge in [0, 0.05) is 38.8 Å². The lowest BCUT2D eigenvalue weighted by molar-refractivity contribution is -0.385. The van der Waals surface area contributed by atoms with Crippen LogP contribution in [-0.4, -0.2) is 55.6 Å². The molecule has 0 aromatic heterocycles. The van der Waals surface area contributed by atoms with Crippen molar-refractivity contribution < 1.29 is 9.31 Å². The van der Waals surface area contributed by atoms with E-state index in [0.29, 0.717) is 5.69 Å². The Morgan fingerprint density at radius 2 is 1.91 bits per heavy atom. The second kappa shape index (κ2) is 7.23. The molecule has 126 valence electrons. The molecule has 2 aliphatic heterocycles. The monoisotopic (exact) mass is 322 g/mol. The number of halogens is 1. The second-order valence-corrected chi connectivity index (χ2v) is 6.37. The number of nitro groups is 1. The zero-order valence-electron chi connectivity index (χ0n) is 13.2. The van der Waals surface area contributed by atoms with Gasteiger partial charge in [-0.2, -0.15) is 0 Å². The highest BCUT2D eigenvalue weighted by molar-refractivity contribution is 5.52. The molecular formula is C16H23FN4O2. The van der Waals surface area contributed by atoms with E-state index in [4.69, 9.17) is 0 Å². The predicted molar refractivity (Wildman–Crippen MR) is 87.3 cm³/mol. The van der Waals surface area contributed by atoms with Crippen molar-refractivity contribution >= 4 is 11.4 Å². The first-order valence-corrected chi connectivity index (χ1v) is 8.25. The Hall–Kier alpha value is -1.73. The normalized spacial score (nSPS) is 20.7. The van der Waals surface area contributed by atoms with Crippen molar-refractivity contribution in [2.75, 3.05) is 50.7 Å². The van der Waals surface area contributed by atoms with Crippen molar-refractivity contribution in [1.82, 2.24) is 10.2 Å². The van der Waals surface area contributed by atoms with Gasteiger partial charge in [-0.25, -0.2) is 4.39 Å². The standard InChI is InChI=1S/C16H23FN4O2/c17-15-11-14(21(22)23)1-2-16(15)20-9-7-19(8-10-20)12-13-3-5-18-6-4-13/h1-2,11,13,18H,3-10,12H2. The molecule has 2 fully saturated rings. The van der Waals surface area contributed by atoms with Crippen molar-refractivity contribution in [3.63, 3.8) is 0 Å². The van der Waals surface area contributed by atoms with Crippen LogP contribution in [0.15, 0.2) is 18.2 Å². The molecular weight excluding hydrogens is 299 g/mol. The maximum Gasteiger partial charge on any atom is 0.272 e. The molecule has 2 saturated heterocycles. The number of anilines is 1. The Bertz CT molecular complexity index is 555. The van der Waals surface area contributed by atoms with E-state index in [0.717, 1.165) is 57.8 Å². The number of rotatable bonds is 4. The van der Waals surface area contributed by atoms with Crippen LogP contribution in [0.1, 0.15) is 12.8 Å². The number of hydrogen-bond donors (Lipinski definition) is 1. The van der Waals surface area contributed by atoms with Gasteiger partial charge in [-0.1, -0.05) is 0 Å². The third-order valence-electron chi connectivity index (χ3n) is 4.83. The van der Waals surface area contributed by atoms with Gasteiger partial charge in [0.2, 0.25) is 0 Å². The molecule has 1 aromatic rings. The van der Waals surface area contributed by atoms with Crippen molar-refractivity contribution in [2.45, 2.75) is 12.8 Å². The van der Waals surface area contributed by atoms with Gasteiger partial charge < -0.3 is 10.2 Å². The molecule has 0 radical (unpaired) electrons. The Balaban J connectivity index is 1.55. The molecule has 6 nitrogen and oxygen atoms in total. The number of hydrogen-bond acceptors (Lipinski definition) is 5. The first-order chi connectivity index (χ1) is 11.1. The van der Waals surface area contributed by atoms with Crippen molar-refractivity contribution in [3.05, 3.63) is 34.1 Å². The Kier molecular flexibility index (Phi) is 5.07. The Morgan fingerprint density at radius 1 is 1.22 bits per heavy atom. The summed E-state index contributed by atoms with van der Waals surface area (Å²) >= 11 is 0. The van der Waals surface area contributed by atoms with Gasteiger partial charge in [-0.3, -0.25) is 15.0 Å². The van der Waals surface area contributed by atoms with Crippen LogP contribution in [0.5, 0.6) is 0 Å². The first kappa shape index (κ1) is 16.1. The van der Waals surface area contributed by atoms with Gasteiger partial charge in [0.25, 0.3) is 5.69 Å². The van der Waals surface area contributed by atoms with Crippen LogP contribution in [0.3, 0.4) is 0 Å². The molecule has 2 heterocycles. The molecule has 0 atom stereocenters. The molecule has 0 spiro atoms. The molecule has 7 heteroatoms. The van der Waals surface area contributed by atoms with Crippen LogP contribution < -0.4 is 10.2 Å². The van der Waals surface area contributed by atoms with Gasteiger partial charge in [0.15, 0.2) is 5.82 Å². The average molecular weight is 322 g/mol. The average Bonchev–Trinajstić information content (AvgIpc) is 2.56. The number of piperazine rings is 1. The van der Waals surface area contributed by atoms with Crippen molar-refractivity contribution in [3.8, 4) is 0 Å². The van der Waals surface area contributed by atoms with E-state index in [1.54, 1.807) is 0 Å². The van der Waals surface area contributed by atoms with E-state index < -0.39 is 10.7 Å². The summed E-state index contributed by atoms with van der Waals surface area (Å²) < 4.78 is 14.1. The van der Waals surface area contributed by atoms with E-state index in [1.165, 1.54) is 25.0 Å². The molecule has 3 rings (SSSR count). The van der Waals surface area contributed by atoms with Gasteiger partial charge in [0.1, 0.15) is 0 Å². The van der Waals surface area contributed by atoms with Crippen LogP contribution >= 0.6 is 0 Å². The second-order valence-electron chi connectivity index (χ2n) is 6.37. The van der Waals surface area contributed by atoms with Gasteiger partial charge in [-0.15, -0.1) is 0 Å². The zero-order chi connectivity index (χ0) is 16.2. The van der Waals surface area contributed by atoms with E-state index in [-0.39, 0.29) is 5.69 Å². The number of piperidine rings is 1. The van der Waals surface area contributed by atoms with Crippen LogP contribution in [0, 0.1) is 21.8 Å². The molecule has 0 unspecified atom stereocenters. The van der Waals surface area contributed by atoms with Crippen LogP contribution in [0.25, 0.3) is 0 Å². The summed E-state index contributed by atoms with van der Waals surface area (Å²) in [6.07, 6.45) is 2.47. The summed E-state index contributed by atoms with van der Waals surface area (Å²) in [4.78, 5) is 14.6. The maximum atomic E-state index is 14.1. The van der Waals surface area contributed by atoms with Crippen LogP contribution in [0.4, 0.5) is 15.8 Å². The number of nitro benzene ring substituents is 1. The topological polar surface area (TPSA) is 61.7 Å². The largest absolute Gasteiger partial charge is 0.367 e. The minimum Gasteiger partial charge on any atom is -0.367 e. The highest BCUT2D eigenvalue weighted by Crippen LogP contribution is 2.25. The maximum absolute atomic E-state index is 14.1. The fourth-order valence-electron chi connectivity index (χ4n) is 3.47. The van der Waals surface area contributed by atoms with Gasteiger partial charge in [0.05, 0.1) is 16.7 Å². The Morgan fingerprint density at radius 3 is 2.52 bits per heavy atom. The molecule has 1 N–H and O–H groups in total. The fraction of sp³-hybridized carbons (Fsp3) is 0.625. The lowest BCUT2D eigenvalue weighted by Crippen LogP contribution is -2.48. The van der Waals surface area contributed by atoms with E-state index in [9.17, 15) is 14.5 Å². The highest BCUT2D eigenvalue weighted by atomic mass is 19.1. The molecule has 0 bridgehead atoms. The molecule has 0 aliphatic carbocycles. The molecule has 0 amide bonds.